The van der Waals surface area contributed by atoms with Crippen molar-refractivity contribution >= 4 is 43.2 Å². The Kier molecular flexibility index (Phi) is 6.39. The average molecular weight is 602 g/mol. The fourth-order valence-corrected chi connectivity index (χ4v) is 6.96. The Morgan fingerprint density at radius 3 is 1.62 bits per heavy atom. The molecule has 0 aliphatic carbocycles. The molecule has 1 heterocycles. The third-order valence-electron chi connectivity index (χ3n) is 9.34. The van der Waals surface area contributed by atoms with Crippen LogP contribution in [0.1, 0.15) is 0 Å². The standard InChI is InChI=1S/C45H28FN/c46-37-24-20-35(21-25-37)45-42-27-22-33-7-2-4-10-40(33)44(42)41-26-23-36(28-43(41)47-45)31-14-12-29(13-15-31)30-16-18-34(19-17-30)39-11-5-8-32-6-1-3-9-38(32)39/h1-28H. The van der Waals surface area contributed by atoms with Gasteiger partial charge in [-0.05, 0) is 85.3 Å². The zero-order chi connectivity index (χ0) is 31.3. The van der Waals surface area contributed by atoms with Crippen molar-refractivity contribution in [2.45, 2.75) is 0 Å². The first-order chi connectivity index (χ1) is 23.2. The minimum atomic E-state index is -0.254. The van der Waals surface area contributed by atoms with Gasteiger partial charge in [0.05, 0.1) is 11.2 Å². The zero-order valence-corrected chi connectivity index (χ0v) is 25.5. The van der Waals surface area contributed by atoms with E-state index in [0.29, 0.717) is 0 Å². The fraction of sp³-hybridized carbons (Fsp3) is 0. The van der Waals surface area contributed by atoms with Gasteiger partial charge >= 0.3 is 0 Å². The molecule has 1 nitrogen and oxygen atoms in total. The summed E-state index contributed by atoms with van der Waals surface area (Å²) in [6.45, 7) is 0. The molecule has 8 aromatic carbocycles. The molecule has 9 rings (SSSR count). The van der Waals surface area contributed by atoms with Crippen LogP contribution in [0.25, 0.3) is 87.9 Å². The van der Waals surface area contributed by atoms with Crippen molar-refractivity contribution in [1.29, 1.82) is 0 Å². The van der Waals surface area contributed by atoms with Gasteiger partial charge in [-0.15, -0.1) is 0 Å². The Bertz CT molecular complexity index is 2600. The Morgan fingerprint density at radius 2 is 0.894 bits per heavy atom. The quantitative estimate of drug-likeness (QED) is 0.183. The summed E-state index contributed by atoms with van der Waals surface area (Å²) in [7, 11) is 0. The molecule has 47 heavy (non-hydrogen) atoms. The van der Waals surface area contributed by atoms with Gasteiger partial charge in [-0.2, -0.15) is 0 Å². The van der Waals surface area contributed by atoms with Crippen LogP contribution in [0.15, 0.2) is 170 Å². The van der Waals surface area contributed by atoms with Gasteiger partial charge in [0, 0.05) is 21.7 Å². The van der Waals surface area contributed by atoms with Crippen LogP contribution in [0.5, 0.6) is 0 Å². The lowest BCUT2D eigenvalue weighted by atomic mass is 9.93. The zero-order valence-electron chi connectivity index (χ0n) is 25.5. The Labute approximate surface area is 272 Å². The number of aromatic nitrogens is 1. The van der Waals surface area contributed by atoms with E-state index < -0.39 is 0 Å². The maximum atomic E-state index is 13.9. The summed E-state index contributed by atoms with van der Waals surface area (Å²) in [4.78, 5) is 5.19. The van der Waals surface area contributed by atoms with E-state index in [0.717, 1.165) is 38.7 Å². The van der Waals surface area contributed by atoms with Crippen molar-refractivity contribution in [1.82, 2.24) is 4.98 Å². The molecule has 9 aromatic rings. The molecule has 0 amide bonds. The highest BCUT2D eigenvalue weighted by Crippen LogP contribution is 2.39. The summed E-state index contributed by atoms with van der Waals surface area (Å²) in [6.07, 6.45) is 0. The van der Waals surface area contributed by atoms with E-state index in [4.69, 9.17) is 4.98 Å². The Morgan fingerprint density at radius 1 is 0.362 bits per heavy atom. The molecular formula is C45H28FN. The summed E-state index contributed by atoms with van der Waals surface area (Å²) in [5, 5.41) is 8.22. The molecule has 0 N–H and O–H groups in total. The summed E-state index contributed by atoms with van der Waals surface area (Å²) in [5.74, 6) is -0.254. The highest BCUT2D eigenvalue weighted by atomic mass is 19.1. The topological polar surface area (TPSA) is 12.9 Å². The van der Waals surface area contributed by atoms with Gasteiger partial charge in [0.1, 0.15) is 5.82 Å². The van der Waals surface area contributed by atoms with Crippen LogP contribution >= 0.6 is 0 Å². The second kappa shape index (κ2) is 11.0. The number of hydrogen-bond acceptors (Lipinski definition) is 1. The first-order valence-corrected chi connectivity index (χ1v) is 15.9. The Hall–Kier alpha value is -6.12. The number of fused-ring (bicyclic) bond motifs is 6. The fourth-order valence-electron chi connectivity index (χ4n) is 6.96. The number of benzene rings is 8. The predicted octanol–water partition coefficient (Wildman–Crippen LogP) is 12.5. The van der Waals surface area contributed by atoms with Crippen molar-refractivity contribution in [3.63, 3.8) is 0 Å². The maximum absolute atomic E-state index is 13.9. The van der Waals surface area contributed by atoms with Gasteiger partial charge in [0.25, 0.3) is 0 Å². The van der Waals surface area contributed by atoms with Crippen LogP contribution in [-0.2, 0) is 0 Å². The lowest BCUT2D eigenvalue weighted by molar-refractivity contribution is 0.628. The second-order valence-corrected chi connectivity index (χ2v) is 12.1. The van der Waals surface area contributed by atoms with Crippen molar-refractivity contribution in [2.75, 3.05) is 0 Å². The highest BCUT2D eigenvalue weighted by Gasteiger charge is 2.14. The predicted molar refractivity (Wildman–Crippen MR) is 196 cm³/mol. The monoisotopic (exact) mass is 601 g/mol. The number of hydrogen-bond donors (Lipinski definition) is 0. The third kappa shape index (κ3) is 4.74. The molecule has 0 atom stereocenters. The van der Waals surface area contributed by atoms with E-state index in [1.165, 1.54) is 61.3 Å². The smallest absolute Gasteiger partial charge is 0.123 e. The van der Waals surface area contributed by atoms with E-state index in [9.17, 15) is 4.39 Å². The van der Waals surface area contributed by atoms with Crippen LogP contribution in [-0.4, -0.2) is 4.98 Å². The average Bonchev–Trinajstić information content (AvgIpc) is 3.14. The van der Waals surface area contributed by atoms with Gasteiger partial charge in [-0.25, -0.2) is 9.37 Å². The van der Waals surface area contributed by atoms with Gasteiger partial charge in [-0.1, -0.05) is 140 Å². The molecule has 0 aliphatic rings. The van der Waals surface area contributed by atoms with E-state index in [-0.39, 0.29) is 5.82 Å². The molecule has 0 spiro atoms. The van der Waals surface area contributed by atoms with E-state index >= 15 is 0 Å². The number of nitrogens with zero attached hydrogens (tertiary/aromatic N) is 1. The van der Waals surface area contributed by atoms with Crippen LogP contribution < -0.4 is 0 Å². The van der Waals surface area contributed by atoms with Crippen molar-refractivity contribution in [3.05, 3.63) is 176 Å². The van der Waals surface area contributed by atoms with E-state index in [1.54, 1.807) is 0 Å². The van der Waals surface area contributed by atoms with Crippen LogP contribution in [0.3, 0.4) is 0 Å². The van der Waals surface area contributed by atoms with E-state index in [2.05, 4.69) is 146 Å². The van der Waals surface area contributed by atoms with Crippen molar-refractivity contribution in [2.24, 2.45) is 0 Å². The Balaban J connectivity index is 1.10. The normalized spacial score (nSPS) is 11.5. The lowest BCUT2D eigenvalue weighted by Gasteiger charge is -2.14. The van der Waals surface area contributed by atoms with Gasteiger partial charge in [0.15, 0.2) is 0 Å². The van der Waals surface area contributed by atoms with Crippen molar-refractivity contribution < 1.29 is 4.39 Å². The third-order valence-corrected chi connectivity index (χ3v) is 9.34. The second-order valence-electron chi connectivity index (χ2n) is 12.1. The number of pyridine rings is 1. The molecule has 0 saturated heterocycles. The minimum Gasteiger partial charge on any atom is -0.247 e. The lowest BCUT2D eigenvalue weighted by Crippen LogP contribution is -1.92. The van der Waals surface area contributed by atoms with E-state index in [1.807, 2.05) is 12.1 Å². The molecule has 0 fully saturated rings. The summed E-state index contributed by atoms with van der Waals surface area (Å²) >= 11 is 0. The van der Waals surface area contributed by atoms with Crippen molar-refractivity contribution in [3.8, 4) is 44.6 Å². The van der Waals surface area contributed by atoms with Gasteiger partial charge < -0.3 is 0 Å². The summed E-state index contributed by atoms with van der Waals surface area (Å²) in [5.41, 5.74) is 9.73. The molecule has 220 valence electrons. The summed E-state index contributed by atoms with van der Waals surface area (Å²) < 4.78 is 13.9. The molecule has 1 aromatic heterocycles. The largest absolute Gasteiger partial charge is 0.247 e. The van der Waals surface area contributed by atoms with Crippen LogP contribution in [0.2, 0.25) is 0 Å². The van der Waals surface area contributed by atoms with Gasteiger partial charge in [0.2, 0.25) is 0 Å². The molecular weight excluding hydrogens is 574 g/mol. The molecule has 0 aliphatic heterocycles. The summed E-state index contributed by atoms with van der Waals surface area (Å²) in [6, 6.07) is 58.6. The van der Waals surface area contributed by atoms with Crippen LogP contribution in [0.4, 0.5) is 4.39 Å². The maximum Gasteiger partial charge on any atom is 0.123 e. The molecule has 0 saturated carbocycles. The van der Waals surface area contributed by atoms with Crippen LogP contribution in [0, 0.1) is 5.82 Å². The number of rotatable bonds is 4. The highest BCUT2D eigenvalue weighted by molar-refractivity contribution is 6.22. The molecule has 2 heteroatoms. The molecule has 0 unspecified atom stereocenters. The first kappa shape index (κ1) is 27.2. The minimum absolute atomic E-state index is 0.254. The SMILES string of the molecule is Fc1ccc(-c2nc3cc(-c4ccc(-c5ccc(-c6cccc7ccccc67)cc5)cc4)ccc3c3c2ccc2ccccc23)cc1. The molecule has 0 bridgehead atoms. The molecule has 0 radical (unpaired) electrons. The number of halogens is 1. The first-order valence-electron chi connectivity index (χ1n) is 15.9. The van der Waals surface area contributed by atoms with Gasteiger partial charge in [-0.3, -0.25) is 0 Å².